The minimum absolute atomic E-state index is 0.918. The average molecular weight is 983 g/mol. The number of para-hydroxylation sites is 7. The predicted molar refractivity (Wildman–Crippen MR) is 317 cm³/mol. The van der Waals surface area contributed by atoms with Crippen molar-refractivity contribution in [2.24, 2.45) is 0 Å². The Morgan fingerprint density at radius 3 is 0.766 bits per heavy atom. The highest BCUT2D eigenvalue weighted by Crippen LogP contribution is 2.54. The highest BCUT2D eigenvalue weighted by Gasteiger charge is 2.36. The summed E-state index contributed by atoms with van der Waals surface area (Å²) in [7, 11) is 0. The highest BCUT2D eigenvalue weighted by atomic mass is 15.2. The molecule has 17 aromatic rings. The maximum atomic E-state index is 5.25. The van der Waals surface area contributed by atoms with Crippen LogP contribution in [0.2, 0.25) is 0 Å². The minimum atomic E-state index is 0.918. The van der Waals surface area contributed by atoms with E-state index in [1.54, 1.807) is 0 Å². The van der Waals surface area contributed by atoms with E-state index in [2.05, 4.69) is 259 Å². The molecular weight excluding hydrogens is 941 g/mol. The molecule has 0 radical (unpaired) electrons. The Balaban J connectivity index is 1.30. The van der Waals surface area contributed by atoms with Gasteiger partial charge in [-0.15, -0.1) is 0 Å². The first-order valence-corrected chi connectivity index (χ1v) is 26.1. The molecule has 77 heavy (non-hydrogen) atoms. The van der Waals surface area contributed by atoms with Crippen LogP contribution in [0.1, 0.15) is 0 Å². The number of rotatable bonds is 6. The predicted octanol–water partition coefficient (Wildman–Crippen LogP) is 17.0. The van der Waals surface area contributed by atoms with Crippen LogP contribution >= 0.6 is 0 Å². The summed E-state index contributed by atoms with van der Waals surface area (Å²) in [4.78, 5) is 15.7. The lowest BCUT2D eigenvalue weighted by molar-refractivity contribution is 1.00. The van der Waals surface area contributed by atoms with Crippen LogP contribution in [0, 0.1) is 0 Å². The normalized spacial score (nSPS) is 12.2. The smallest absolute Gasteiger partial charge is 0.0991 e. The van der Waals surface area contributed by atoms with Gasteiger partial charge in [0.1, 0.15) is 0 Å². The van der Waals surface area contributed by atoms with Gasteiger partial charge in [-0.1, -0.05) is 158 Å². The topological polar surface area (TPSA) is 63.3 Å². The van der Waals surface area contributed by atoms with Crippen molar-refractivity contribution < 1.29 is 0 Å². The number of aromatic nitrogens is 8. The second-order valence-corrected chi connectivity index (χ2v) is 19.9. The van der Waals surface area contributed by atoms with E-state index in [0.717, 1.165) is 149 Å². The summed E-state index contributed by atoms with van der Waals surface area (Å²) < 4.78 is 12.7. The van der Waals surface area contributed by atoms with Gasteiger partial charge >= 0.3 is 0 Å². The number of pyridine rings is 3. The summed E-state index contributed by atoms with van der Waals surface area (Å²) in [6, 6.07) is 85.9. The molecule has 0 spiro atoms. The third-order valence-corrected chi connectivity index (χ3v) is 16.0. The summed E-state index contributed by atoms with van der Waals surface area (Å²) >= 11 is 0. The van der Waals surface area contributed by atoms with E-state index in [1.165, 1.54) is 0 Å². The molecule has 0 saturated carbocycles. The van der Waals surface area contributed by atoms with Crippen LogP contribution < -0.4 is 0 Å². The SMILES string of the molecule is c1ccc(-c2c(-n3c4ccccc4c4ncccc43)c(-n3c4ccccc4c4ccccc43)c(-n3c4ccccc4c4ncccc43)c(-n3c4ccccc4c4ccccc43)c2-n2c3ccccc3c3ncccc32)cc1. The quantitative estimate of drug-likeness (QED) is 0.167. The van der Waals surface area contributed by atoms with Gasteiger partial charge in [0, 0.05) is 61.9 Å². The highest BCUT2D eigenvalue weighted by molar-refractivity contribution is 6.18. The molecule has 0 fully saturated rings. The summed E-state index contributed by atoms with van der Waals surface area (Å²) in [5.74, 6) is 0. The summed E-state index contributed by atoms with van der Waals surface area (Å²) in [6.45, 7) is 0. The van der Waals surface area contributed by atoms with E-state index in [4.69, 9.17) is 15.0 Å². The lowest BCUT2D eigenvalue weighted by Crippen LogP contribution is -2.18. The molecule has 0 unspecified atom stereocenters. The standard InChI is InChI=1S/C69H42N8/c1-2-21-43(22-3-1)61-65(75-55-34-15-8-27-48(55)62-58(75)37-18-40-70-62)67(73-51-30-11-4-23-44(51)45-24-5-12-31-52(45)73)69(77-57-36-17-10-29-50(57)64-60(77)39-20-42-72-64)68(74-53-32-13-6-25-46(53)47-26-7-14-33-54(47)74)66(61)76-56-35-16-9-28-49(56)63-59(76)38-19-41-71-63/h1-42H. The fourth-order valence-electron chi connectivity index (χ4n) is 13.0. The van der Waals surface area contributed by atoms with Crippen LogP contribution in [0.3, 0.4) is 0 Å². The molecule has 0 amide bonds. The van der Waals surface area contributed by atoms with Crippen LogP contribution in [0.25, 0.3) is 149 Å². The maximum Gasteiger partial charge on any atom is 0.0991 e. The van der Waals surface area contributed by atoms with Gasteiger partial charge in [-0.05, 0) is 84.4 Å². The Morgan fingerprint density at radius 1 is 0.195 bits per heavy atom. The van der Waals surface area contributed by atoms with Crippen molar-refractivity contribution in [1.29, 1.82) is 0 Å². The van der Waals surface area contributed by atoms with E-state index in [0.29, 0.717) is 0 Å². The van der Waals surface area contributed by atoms with Crippen molar-refractivity contribution in [3.8, 4) is 39.6 Å². The van der Waals surface area contributed by atoms with Crippen molar-refractivity contribution in [3.05, 3.63) is 255 Å². The molecule has 9 aromatic carbocycles. The third kappa shape index (κ3) is 5.67. The van der Waals surface area contributed by atoms with Crippen molar-refractivity contribution in [3.63, 3.8) is 0 Å². The summed E-state index contributed by atoms with van der Waals surface area (Å²) in [6.07, 6.45) is 5.76. The van der Waals surface area contributed by atoms with E-state index in [9.17, 15) is 0 Å². The number of hydrogen-bond acceptors (Lipinski definition) is 3. The molecular formula is C69H42N8. The first-order chi connectivity index (χ1) is 38.3. The van der Waals surface area contributed by atoms with Crippen LogP contribution in [-0.4, -0.2) is 37.8 Å². The van der Waals surface area contributed by atoms with Crippen LogP contribution in [0.15, 0.2) is 255 Å². The number of nitrogens with zero attached hydrogens (tertiary/aromatic N) is 8. The molecule has 8 aromatic heterocycles. The summed E-state index contributed by atoms with van der Waals surface area (Å²) in [5, 5.41) is 7.81. The molecule has 8 heteroatoms. The first-order valence-electron chi connectivity index (χ1n) is 26.1. The third-order valence-electron chi connectivity index (χ3n) is 16.0. The van der Waals surface area contributed by atoms with Gasteiger partial charge in [0.05, 0.1) is 100 Å². The second kappa shape index (κ2) is 16.0. The van der Waals surface area contributed by atoms with E-state index in [-0.39, 0.29) is 0 Å². The van der Waals surface area contributed by atoms with Gasteiger partial charge in [-0.2, -0.15) is 0 Å². The van der Waals surface area contributed by atoms with E-state index in [1.807, 2.05) is 18.6 Å². The van der Waals surface area contributed by atoms with Gasteiger partial charge in [-0.3, -0.25) is 15.0 Å². The van der Waals surface area contributed by atoms with E-state index < -0.39 is 0 Å². The number of hydrogen-bond donors (Lipinski definition) is 0. The molecule has 8 nitrogen and oxygen atoms in total. The Labute approximate surface area is 439 Å². The number of fused-ring (bicyclic) bond motifs is 15. The zero-order chi connectivity index (χ0) is 50.3. The molecule has 0 aliphatic rings. The molecule has 17 rings (SSSR count). The minimum Gasteiger partial charge on any atom is -0.305 e. The maximum absolute atomic E-state index is 5.25. The second-order valence-electron chi connectivity index (χ2n) is 19.9. The van der Waals surface area contributed by atoms with Gasteiger partial charge in [0.2, 0.25) is 0 Å². The molecule has 0 saturated heterocycles. The van der Waals surface area contributed by atoms with Crippen molar-refractivity contribution in [2.45, 2.75) is 0 Å². The van der Waals surface area contributed by atoms with Crippen molar-refractivity contribution in [1.82, 2.24) is 37.8 Å². The zero-order valence-corrected chi connectivity index (χ0v) is 41.3. The number of benzene rings is 9. The lowest BCUT2D eigenvalue weighted by Gasteiger charge is -2.31. The van der Waals surface area contributed by atoms with E-state index >= 15 is 0 Å². The van der Waals surface area contributed by atoms with Gasteiger partial charge in [-0.25, -0.2) is 0 Å². The summed E-state index contributed by atoms with van der Waals surface area (Å²) in [5.41, 5.74) is 20.1. The Bertz CT molecular complexity index is 4780. The van der Waals surface area contributed by atoms with Gasteiger partial charge in [0.15, 0.2) is 0 Å². The molecule has 0 atom stereocenters. The Kier molecular flexibility index (Phi) is 8.68. The molecule has 0 N–H and O–H groups in total. The first kappa shape index (κ1) is 41.9. The largest absolute Gasteiger partial charge is 0.305 e. The van der Waals surface area contributed by atoms with Gasteiger partial charge in [0.25, 0.3) is 0 Å². The fourth-order valence-corrected chi connectivity index (χ4v) is 13.0. The zero-order valence-electron chi connectivity index (χ0n) is 41.3. The lowest BCUT2D eigenvalue weighted by atomic mass is 9.95. The Hall–Kier alpha value is -10.6. The molecule has 0 bridgehead atoms. The fraction of sp³-hybridized carbons (Fsp3) is 0. The van der Waals surface area contributed by atoms with Gasteiger partial charge < -0.3 is 22.8 Å². The average Bonchev–Trinajstić information content (AvgIpc) is 4.47. The monoisotopic (exact) mass is 982 g/mol. The van der Waals surface area contributed by atoms with Crippen molar-refractivity contribution >= 4 is 109 Å². The van der Waals surface area contributed by atoms with Crippen LogP contribution in [0.5, 0.6) is 0 Å². The molecule has 0 aliphatic carbocycles. The molecule has 358 valence electrons. The molecule has 8 heterocycles. The van der Waals surface area contributed by atoms with Crippen LogP contribution in [0.4, 0.5) is 0 Å². The van der Waals surface area contributed by atoms with Crippen LogP contribution in [-0.2, 0) is 0 Å². The van der Waals surface area contributed by atoms with Crippen molar-refractivity contribution in [2.75, 3.05) is 0 Å². The Morgan fingerprint density at radius 2 is 0.429 bits per heavy atom. The molecule has 0 aliphatic heterocycles.